The monoisotopic (exact) mass is 371 g/mol. The predicted molar refractivity (Wildman–Crippen MR) is 89.0 cm³/mol. The van der Waals surface area contributed by atoms with Crippen LogP contribution in [0.5, 0.6) is 0 Å². The average Bonchev–Trinajstić information content (AvgIpc) is 2.45. The van der Waals surface area contributed by atoms with Gasteiger partial charge in [0.25, 0.3) is 0 Å². The summed E-state index contributed by atoms with van der Waals surface area (Å²) < 4.78 is 29.0. The molecular formula is C13H26ClN3O5S. The predicted octanol–water partition coefficient (Wildman–Crippen LogP) is -0.555. The summed E-state index contributed by atoms with van der Waals surface area (Å²) in [6.45, 7) is 5.48. The van der Waals surface area contributed by atoms with E-state index in [9.17, 15) is 18.0 Å². The number of carbonyl (C=O) groups excluding carboxylic acids is 2. The zero-order valence-corrected chi connectivity index (χ0v) is 15.2. The summed E-state index contributed by atoms with van der Waals surface area (Å²) in [7, 11) is -3.11. The number of nitrogens with one attached hydrogen (secondary N) is 1. The lowest BCUT2D eigenvalue weighted by Gasteiger charge is -2.33. The van der Waals surface area contributed by atoms with Gasteiger partial charge in [0.15, 0.2) is 0 Å². The number of amides is 1. The van der Waals surface area contributed by atoms with Gasteiger partial charge in [0, 0.05) is 45.7 Å². The van der Waals surface area contributed by atoms with Crippen LogP contribution in [-0.2, 0) is 24.3 Å². The summed E-state index contributed by atoms with van der Waals surface area (Å²) in [5, 5.41) is 2.75. The third-order valence-electron chi connectivity index (χ3n) is 3.41. The summed E-state index contributed by atoms with van der Waals surface area (Å²) in [5.41, 5.74) is 0. The highest BCUT2D eigenvalue weighted by atomic mass is 35.5. The molecular weight excluding hydrogens is 346 g/mol. The quantitative estimate of drug-likeness (QED) is 0.575. The van der Waals surface area contributed by atoms with Crippen molar-refractivity contribution in [3.8, 4) is 0 Å². The molecule has 10 heteroatoms. The van der Waals surface area contributed by atoms with Crippen LogP contribution in [0.15, 0.2) is 0 Å². The third kappa shape index (κ3) is 9.09. The third-order valence-corrected chi connectivity index (χ3v) is 4.72. The Morgan fingerprint density at radius 3 is 2.26 bits per heavy atom. The molecule has 0 aliphatic carbocycles. The van der Waals surface area contributed by atoms with E-state index in [0.717, 1.165) is 0 Å². The smallest absolute Gasteiger partial charge is 0.306 e. The first-order chi connectivity index (χ1) is 10.3. The van der Waals surface area contributed by atoms with Gasteiger partial charge in [-0.05, 0) is 6.92 Å². The molecule has 0 saturated carbocycles. The van der Waals surface area contributed by atoms with Crippen molar-refractivity contribution in [1.29, 1.82) is 0 Å². The minimum Gasteiger partial charge on any atom is -0.466 e. The summed E-state index contributed by atoms with van der Waals surface area (Å²) in [6.07, 6.45) is 1.43. The standard InChI is InChI=1S/C13H25N3O5S.ClH/c1-3-21-13(18)5-4-12(17)14-6-7-15-8-10-16(11-9-15)22(2,19)20;/h3-11H2,1-2H3,(H,14,17);1H. The number of hydrogen-bond donors (Lipinski definition) is 1. The molecule has 0 bridgehead atoms. The van der Waals surface area contributed by atoms with Crippen LogP contribution in [-0.4, -0.2) is 81.6 Å². The zero-order valence-electron chi connectivity index (χ0n) is 13.6. The largest absolute Gasteiger partial charge is 0.466 e. The second kappa shape index (κ2) is 10.8. The SMILES string of the molecule is CCOC(=O)CCC(=O)NCCN1CCN(S(C)(=O)=O)CC1.Cl. The van der Waals surface area contributed by atoms with Gasteiger partial charge < -0.3 is 10.1 Å². The van der Waals surface area contributed by atoms with Gasteiger partial charge in [-0.2, -0.15) is 4.31 Å². The molecule has 1 rings (SSSR count). The van der Waals surface area contributed by atoms with Gasteiger partial charge in [-0.1, -0.05) is 0 Å². The fourth-order valence-corrected chi connectivity index (χ4v) is 3.00. The van der Waals surface area contributed by atoms with Crippen LogP contribution in [0.3, 0.4) is 0 Å². The van der Waals surface area contributed by atoms with Crippen LogP contribution in [0.1, 0.15) is 19.8 Å². The van der Waals surface area contributed by atoms with Crippen molar-refractivity contribution in [3.05, 3.63) is 0 Å². The molecule has 1 heterocycles. The Kier molecular flexibility index (Phi) is 10.4. The average molecular weight is 372 g/mol. The molecule has 0 aromatic heterocycles. The molecule has 1 N–H and O–H groups in total. The molecule has 0 aromatic rings. The Balaban J connectivity index is 0.00000484. The number of carbonyl (C=O) groups is 2. The van der Waals surface area contributed by atoms with E-state index in [0.29, 0.717) is 45.9 Å². The Morgan fingerprint density at radius 2 is 1.74 bits per heavy atom. The lowest BCUT2D eigenvalue weighted by atomic mass is 10.3. The van der Waals surface area contributed by atoms with E-state index in [4.69, 9.17) is 4.74 Å². The number of nitrogens with zero attached hydrogens (tertiary/aromatic N) is 2. The highest BCUT2D eigenvalue weighted by Crippen LogP contribution is 2.05. The van der Waals surface area contributed by atoms with Gasteiger partial charge in [-0.3, -0.25) is 14.5 Å². The van der Waals surface area contributed by atoms with Gasteiger partial charge in [0.2, 0.25) is 15.9 Å². The molecule has 23 heavy (non-hydrogen) atoms. The Bertz CT molecular complexity index is 478. The maximum atomic E-state index is 11.6. The fourth-order valence-electron chi connectivity index (χ4n) is 2.18. The molecule has 1 fully saturated rings. The lowest BCUT2D eigenvalue weighted by molar-refractivity contribution is -0.144. The van der Waals surface area contributed by atoms with E-state index < -0.39 is 10.0 Å². The second-order valence-corrected chi connectivity index (χ2v) is 7.14. The maximum Gasteiger partial charge on any atom is 0.306 e. The summed E-state index contributed by atoms with van der Waals surface area (Å²) >= 11 is 0. The highest BCUT2D eigenvalue weighted by molar-refractivity contribution is 7.88. The van der Waals surface area contributed by atoms with Crippen LogP contribution in [0, 0.1) is 0 Å². The topological polar surface area (TPSA) is 96.0 Å². The van der Waals surface area contributed by atoms with Crippen molar-refractivity contribution in [3.63, 3.8) is 0 Å². The first-order valence-corrected chi connectivity index (χ1v) is 9.27. The van der Waals surface area contributed by atoms with E-state index in [1.54, 1.807) is 6.92 Å². The number of sulfonamides is 1. The Morgan fingerprint density at radius 1 is 1.13 bits per heavy atom. The van der Waals surface area contributed by atoms with Crippen LogP contribution in [0.2, 0.25) is 0 Å². The van der Waals surface area contributed by atoms with Gasteiger partial charge in [0.1, 0.15) is 0 Å². The van der Waals surface area contributed by atoms with Crippen LogP contribution in [0.25, 0.3) is 0 Å². The fraction of sp³-hybridized carbons (Fsp3) is 0.846. The molecule has 0 radical (unpaired) electrons. The lowest BCUT2D eigenvalue weighted by Crippen LogP contribution is -2.49. The van der Waals surface area contributed by atoms with E-state index >= 15 is 0 Å². The molecule has 1 saturated heterocycles. The molecule has 1 amide bonds. The van der Waals surface area contributed by atoms with Crippen LogP contribution >= 0.6 is 12.4 Å². The first-order valence-electron chi connectivity index (χ1n) is 7.42. The zero-order chi connectivity index (χ0) is 16.6. The maximum absolute atomic E-state index is 11.6. The minimum absolute atomic E-state index is 0. The molecule has 1 aliphatic heterocycles. The van der Waals surface area contributed by atoms with E-state index in [1.165, 1.54) is 10.6 Å². The number of hydrogen-bond acceptors (Lipinski definition) is 6. The van der Waals surface area contributed by atoms with E-state index in [2.05, 4.69) is 10.2 Å². The number of piperazine rings is 1. The molecule has 1 aliphatic rings. The normalized spacial score (nSPS) is 16.4. The second-order valence-electron chi connectivity index (χ2n) is 5.16. The molecule has 8 nitrogen and oxygen atoms in total. The summed E-state index contributed by atoms with van der Waals surface area (Å²) in [4.78, 5) is 24.8. The van der Waals surface area contributed by atoms with Gasteiger partial charge in [0.05, 0.1) is 19.3 Å². The van der Waals surface area contributed by atoms with Crippen LogP contribution < -0.4 is 5.32 Å². The molecule has 0 unspecified atom stereocenters. The van der Waals surface area contributed by atoms with Crippen molar-refractivity contribution in [2.24, 2.45) is 0 Å². The Labute approximate surface area is 144 Å². The van der Waals surface area contributed by atoms with Crippen molar-refractivity contribution in [2.45, 2.75) is 19.8 Å². The van der Waals surface area contributed by atoms with Crippen LogP contribution in [0.4, 0.5) is 0 Å². The van der Waals surface area contributed by atoms with E-state index in [1.807, 2.05) is 0 Å². The van der Waals surface area contributed by atoms with Crippen molar-refractivity contribution < 1.29 is 22.7 Å². The van der Waals surface area contributed by atoms with Crippen molar-refractivity contribution in [2.75, 3.05) is 52.1 Å². The number of rotatable bonds is 8. The van der Waals surface area contributed by atoms with Gasteiger partial charge >= 0.3 is 5.97 Å². The van der Waals surface area contributed by atoms with E-state index in [-0.39, 0.29) is 37.1 Å². The Hall–Kier alpha value is -0.900. The molecule has 0 spiro atoms. The summed E-state index contributed by atoms with van der Waals surface area (Å²) in [5.74, 6) is -0.544. The highest BCUT2D eigenvalue weighted by Gasteiger charge is 2.22. The molecule has 0 aromatic carbocycles. The molecule has 136 valence electrons. The van der Waals surface area contributed by atoms with Crippen molar-refractivity contribution >= 4 is 34.3 Å². The number of ether oxygens (including phenoxy) is 1. The number of esters is 1. The number of halogens is 1. The summed E-state index contributed by atoms with van der Waals surface area (Å²) in [6, 6.07) is 0. The minimum atomic E-state index is -3.11. The van der Waals surface area contributed by atoms with Crippen molar-refractivity contribution in [1.82, 2.24) is 14.5 Å². The molecule has 0 atom stereocenters. The first kappa shape index (κ1) is 22.1. The van der Waals surface area contributed by atoms with Gasteiger partial charge in [-0.15, -0.1) is 12.4 Å². The van der Waals surface area contributed by atoms with Gasteiger partial charge in [-0.25, -0.2) is 8.42 Å².